The van der Waals surface area contributed by atoms with Crippen molar-refractivity contribution in [3.05, 3.63) is 12.2 Å². The van der Waals surface area contributed by atoms with Gasteiger partial charge in [-0.2, -0.15) is 0 Å². The van der Waals surface area contributed by atoms with Gasteiger partial charge in [-0.15, -0.1) is 0 Å². The summed E-state index contributed by atoms with van der Waals surface area (Å²) in [6.07, 6.45) is 10.3. The Morgan fingerprint density at radius 3 is 2.33 bits per heavy atom. The van der Waals surface area contributed by atoms with E-state index in [1.807, 2.05) is 0 Å². The molecule has 0 aromatic rings. The smallest absolute Gasteiger partial charge is 0.152 e. The van der Waals surface area contributed by atoms with Gasteiger partial charge in [0.2, 0.25) is 0 Å². The summed E-state index contributed by atoms with van der Waals surface area (Å²) in [6, 6.07) is 0. The van der Waals surface area contributed by atoms with Crippen molar-refractivity contribution in [2.24, 2.45) is 5.41 Å². The van der Waals surface area contributed by atoms with Crippen LogP contribution in [0.2, 0.25) is 0 Å². The Morgan fingerprint density at radius 1 is 1.25 bits per heavy atom. The monoisotopic (exact) mass is 166 g/mol. The number of hydrogen-bond donors (Lipinski definition) is 0. The average Bonchev–Trinajstić information content (AvgIpc) is 2.03. The summed E-state index contributed by atoms with van der Waals surface area (Å²) in [5.74, 6) is 0.168. The Bertz CT molecular complexity index is 185. The van der Waals surface area contributed by atoms with Crippen LogP contribution in [0.3, 0.4) is 0 Å². The zero-order valence-electron chi connectivity index (χ0n) is 8.10. The lowest BCUT2D eigenvalue weighted by atomic mass is 9.75. The minimum Gasteiger partial charge on any atom is -0.295 e. The Labute approximate surface area is 74.9 Å². The van der Waals surface area contributed by atoms with Gasteiger partial charge in [-0.25, -0.2) is 0 Å². The highest BCUT2D eigenvalue weighted by molar-refractivity contribution is 5.87. The van der Waals surface area contributed by atoms with E-state index >= 15 is 0 Å². The molecule has 0 atom stereocenters. The molecule has 0 radical (unpaired) electrons. The van der Waals surface area contributed by atoms with Crippen molar-refractivity contribution in [1.29, 1.82) is 0 Å². The van der Waals surface area contributed by atoms with Crippen molar-refractivity contribution in [3.63, 3.8) is 0 Å². The Kier molecular flexibility index (Phi) is 3.07. The Balaban J connectivity index is 2.52. The van der Waals surface area contributed by atoms with Crippen LogP contribution in [0.5, 0.6) is 0 Å². The molecule has 0 aromatic carbocycles. The first-order chi connectivity index (χ1) is 5.62. The molecule has 1 nitrogen and oxygen atoms in total. The molecule has 1 saturated carbocycles. The molecule has 0 spiro atoms. The maximum atomic E-state index is 10.7. The van der Waals surface area contributed by atoms with Gasteiger partial charge in [-0.1, -0.05) is 32.3 Å². The fraction of sp³-hybridized carbons (Fsp3) is 0.727. The Morgan fingerprint density at radius 2 is 1.83 bits per heavy atom. The molecule has 0 amide bonds. The first-order valence-corrected chi connectivity index (χ1v) is 4.82. The third kappa shape index (κ3) is 2.80. The quantitative estimate of drug-likeness (QED) is 0.576. The van der Waals surface area contributed by atoms with E-state index in [0.29, 0.717) is 5.41 Å². The highest BCUT2D eigenvalue weighted by atomic mass is 16.1. The number of allylic oxidation sites excluding steroid dienone is 2. The second kappa shape index (κ2) is 3.88. The summed E-state index contributed by atoms with van der Waals surface area (Å²) < 4.78 is 0. The topological polar surface area (TPSA) is 17.1 Å². The number of carbonyl (C=O) groups is 1. The second-order valence-corrected chi connectivity index (χ2v) is 4.16. The molecular weight excluding hydrogens is 148 g/mol. The summed E-state index contributed by atoms with van der Waals surface area (Å²) in [6.45, 7) is 3.87. The lowest BCUT2D eigenvalue weighted by Crippen LogP contribution is -2.17. The molecule has 0 aromatic heterocycles. The first kappa shape index (κ1) is 9.50. The molecule has 1 fully saturated rings. The largest absolute Gasteiger partial charge is 0.295 e. The van der Waals surface area contributed by atoms with E-state index in [9.17, 15) is 4.79 Å². The minimum atomic E-state index is 0.168. The minimum absolute atomic E-state index is 0.168. The molecule has 1 aliphatic rings. The molecule has 0 aliphatic heterocycles. The predicted octanol–water partition coefficient (Wildman–Crippen LogP) is 3.10. The number of carbonyl (C=O) groups excluding carboxylic acids is 1. The predicted molar refractivity (Wildman–Crippen MR) is 51.0 cm³/mol. The second-order valence-electron chi connectivity index (χ2n) is 4.16. The number of hydrogen-bond acceptors (Lipinski definition) is 1. The lowest BCUT2D eigenvalue weighted by Gasteiger charge is -2.30. The van der Waals surface area contributed by atoms with E-state index < -0.39 is 0 Å². The molecule has 0 heterocycles. The van der Waals surface area contributed by atoms with Crippen LogP contribution >= 0.6 is 0 Å². The summed E-state index contributed by atoms with van der Waals surface area (Å²) >= 11 is 0. The number of ketones is 1. The molecule has 1 heteroatoms. The van der Waals surface area contributed by atoms with Gasteiger partial charge >= 0.3 is 0 Å². The summed E-state index contributed by atoms with van der Waals surface area (Å²) in [7, 11) is 0. The van der Waals surface area contributed by atoms with Crippen LogP contribution in [-0.4, -0.2) is 5.78 Å². The van der Waals surface area contributed by atoms with Crippen LogP contribution < -0.4 is 0 Å². The van der Waals surface area contributed by atoms with Crippen LogP contribution in [-0.2, 0) is 4.79 Å². The van der Waals surface area contributed by atoms with Gasteiger partial charge in [0.05, 0.1) is 0 Å². The van der Waals surface area contributed by atoms with Gasteiger partial charge in [0.1, 0.15) is 0 Å². The van der Waals surface area contributed by atoms with Gasteiger partial charge in [0, 0.05) is 0 Å². The highest BCUT2D eigenvalue weighted by Crippen LogP contribution is 2.36. The van der Waals surface area contributed by atoms with Gasteiger partial charge in [0.25, 0.3) is 0 Å². The van der Waals surface area contributed by atoms with Crippen molar-refractivity contribution in [3.8, 4) is 0 Å². The van der Waals surface area contributed by atoms with Crippen molar-refractivity contribution in [2.75, 3.05) is 0 Å². The van der Waals surface area contributed by atoms with Crippen molar-refractivity contribution in [2.45, 2.75) is 46.0 Å². The highest BCUT2D eigenvalue weighted by Gasteiger charge is 2.23. The van der Waals surface area contributed by atoms with Gasteiger partial charge in [0.15, 0.2) is 5.78 Å². The Hall–Kier alpha value is -0.590. The zero-order valence-corrected chi connectivity index (χ0v) is 8.10. The summed E-state index contributed by atoms with van der Waals surface area (Å²) in [4.78, 5) is 10.7. The fourth-order valence-corrected chi connectivity index (χ4v) is 1.84. The van der Waals surface area contributed by atoms with Crippen LogP contribution in [0.15, 0.2) is 12.2 Å². The maximum Gasteiger partial charge on any atom is 0.152 e. The first-order valence-electron chi connectivity index (χ1n) is 4.82. The summed E-state index contributed by atoms with van der Waals surface area (Å²) in [5, 5.41) is 0. The van der Waals surface area contributed by atoms with Crippen LogP contribution in [0.4, 0.5) is 0 Å². The molecule has 1 rings (SSSR count). The average molecular weight is 166 g/mol. The van der Waals surface area contributed by atoms with Crippen LogP contribution in [0, 0.1) is 5.41 Å². The fourth-order valence-electron chi connectivity index (χ4n) is 1.84. The van der Waals surface area contributed by atoms with E-state index in [4.69, 9.17) is 0 Å². The standard InChI is InChI=1S/C11H18O/c1-10(12)6-9-11(2)7-4-3-5-8-11/h6,9H,3-5,7-8H2,1-2H3/b9-6+. The van der Waals surface area contributed by atoms with E-state index in [1.54, 1.807) is 13.0 Å². The third-order valence-corrected chi connectivity index (χ3v) is 2.72. The molecule has 0 unspecified atom stereocenters. The zero-order chi connectivity index (χ0) is 9.03. The van der Waals surface area contributed by atoms with Gasteiger partial charge < -0.3 is 0 Å². The van der Waals surface area contributed by atoms with Crippen molar-refractivity contribution < 1.29 is 4.79 Å². The molecule has 0 bridgehead atoms. The molecule has 0 saturated heterocycles. The van der Waals surface area contributed by atoms with E-state index in [-0.39, 0.29) is 5.78 Å². The normalized spacial score (nSPS) is 22.8. The molecule has 1 aliphatic carbocycles. The van der Waals surface area contributed by atoms with E-state index in [1.165, 1.54) is 32.1 Å². The SMILES string of the molecule is CC(=O)/C=C/C1(C)CCCCC1. The van der Waals surface area contributed by atoms with E-state index in [0.717, 1.165) is 0 Å². The van der Waals surface area contributed by atoms with Crippen LogP contribution in [0.25, 0.3) is 0 Å². The molecule has 12 heavy (non-hydrogen) atoms. The van der Waals surface area contributed by atoms with Gasteiger partial charge in [-0.05, 0) is 31.3 Å². The van der Waals surface area contributed by atoms with Gasteiger partial charge in [-0.3, -0.25) is 4.79 Å². The van der Waals surface area contributed by atoms with E-state index in [2.05, 4.69) is 13.0 Å². The number of rotatable bonds is 2. The molecule has 0 N–H and O–H groups in total. The third-order valence-electron chi connectivity index (χ3n) is 2.72. The summed E-state index contributed by atoms with van der Waals surface area (Å²) in [5.41, 5.74) is 0.309. The van der Waals surface area contributed by atoms with Crippen molar-refractivity contribution in [1.82, 2.24) is 0 Å². The molecule has 68 valence electrons. The maximum absolute atomic E-state index is 10.7. The molecular formula is C11H18O. The lowest BCUT2D eigenvalue weighted by molar-refractivity contribution is -0.112. The van der Waals surface area contributed by atoms with Crippen molar-refractivity contribution >= 4 is 5.78 Å². The van der Waals surface area contributed by atoms with Crippen LogP contribution in [0.1, 0.15) is 46.0 Å².